The van der Waals surface area contributed by atoms with Crippen LogP contribution in [0.2, 0.25) is 0 Å². The fourth-order valence-electron chi connectivity index (χ4n) is 2.37. The molecule has 0 atom stereocenters. The highest BCUT2D eigenvalue weighted by atomic mass is 32.2. The van der Waals surface area contributed by atoms with Crippen molar-refractivity contribution in [1.29, 1.82) is 0 Å². The molecule has 2 aromatic carbocycles. The number of nitro benzene ring substituents is 1. The molecule has 0 aromatic heterocycles. The van der Waals surface area contributed by atoms with Gasteiger partial charge >= 0.3 is 0 Å². The summed E-state index contributed by atoms with van der Waals surface area (Å²) in [5.74, 6) is 1.23. The molecule has 0 fully saturated rings. The highest BCUT2D eigenvalue weighted by Crippen LogP contribution is 2.28. The third kappa shape index (κ3) is 6.42. The van der Waals surface area contributed by atoms with Crippen LogP contribution >= 0.6 is 0 Å². The molecule has 0 bridgehead atoms. The Bertz CT molecular complexity index is 1020. The van der Waals surface area contributed by atoms with E-state index < -0.39 is 20.6 Å². The van der Waals surface area contributed by atoms with Crippen molar-refractivity contribution in [3.63, 3.8) is 0 Å². The zero-order valence-electron chi connectivity index (χ0n) is 16.7. The molecule has 11 heteroatoms. The van der Waals surface area contributed by atoms with Crippen molar-refractivity contribution in [2.24, 2.45) is 10.2 Å². The lowest BCUT2D eigenvalue weighted by Crippen LogP contribution is -2.12. The van der Waals surface area contributed by atoms with Crippen molar-refractivity contribution >= 4 is 27.6 Å². The minimum absolute atomic E-state index is 0.0163. The van der Waals surface area contributed by atoms with E-state index in [0.717, 1.165) is 25.0 Å². The topological polar surface area (TPSA) is 146 Å². The van der Waals surface area contributed by atoms with Crippen molar-refractivity contribution in [2.45, 2.75) is 31.6 Å². The van der Waals surface area contributed by atoms with Crippen LogP contribution in [0.15, 0.2) is 46.4 Å². The first-order chi connectivity index (χ1) is 14.3. The molecule has 0 amide bonds. The number of hydrazone groups is 1. The predicted molar refractivity (Wildman–Crippen MR) is 114 cm³/mol. The molecule has 0 aliphatic rings. The van der Waals surface area contributed by atoms with Crippen LogP contribution in [0.25, 0.3) is 0 Å². The normalized spacial score (nSPS) is 11.4. The first kappa shape index (κ1) is 23.1. The molecule has 2 aromatic rings. The van der Waals surface area contributed by atoms with E-state index in [1.807, 2.05) is 13.8 Å². The maximum Gasteiger partial charge on any atom is 0.295 e. The minimum Gasteiger partial charge on any atom is -0.493 e. The molecular formula is C19H24N4O6S. The SMILES string of the molecule is CCCOc1ccc(/C=N\Nc2ccc(S(N)(=O)=O)cc2[N+](=O)[O-])c(OCCC)c1. The standard InChI is InChI=1S/C19H24N4O6S/c1-3-9-28-15-6-5-14(19(11-15)29-10-4-2)13-21-22-17-8-7-16(30(20,26)27)12-18(17)23(24)25/h5-8,11-13,22H,3-4,9-10H2,1-2H3,(H2,20,26,27)/b21-13-. The van der Waals surface area contributed by atoms with Crippen LogP contribution in [0.5, 0.6) is 11.5 Å². The first-order valence-corrected chi connectivity index (χ1v) is 10.8. The van der Waals surface area contributed by atoms with Gasteiger partial charge in [0.15, 0.2) is 0 Å². The van der Waals surface area contributed by atoms with E-state index in [1.54, 1.807) is 18.2 Å². The van der Waals surface area contributed by atoms with Gasteiger partial charge in [-0.3, -0.25) is 15.5 Å². The highest BCUT2D eigenvalue weighted by Gasteiger charge is 2.18. The number of ether oxygens (including phenoxy) is 2. The highest BCUT2D eigenvalue weighted by molar-refractivity contribution is 7.89. The number of sulfonamides is 1. The second-order valence-corrected chi connectivity index (χ2v) is 7.81. The molecule has 0 spiro atoms. The number of nitrogens with two attached hydrogens (primary N) is 1. The van der Waals surface area contributed by atoms with Gasteiger partial charge in [-0.1, -0.05) is 13.8 Å². The molecule has 162 valence electrons. The fraction of sp³-hybridized carbons (Fsp3) is 0.316. The Morgan fingerprint density at radius 1 is 1.13 bits per heavy atom. The van der Waals surface area contributed by atoms with Crippen LogP contribution in [-0.2, 0) is 10.0 Å². The number of anilines is 1. The molecule has 0 unspecified atom stereocenters. The molecule has 0 saturated carbocycles. The van der Waals surface area contributed by atoms with Gasteiger partial charge in [0.25, 0.3) is 5.69 Å². The summed E-state index contributed by atoms with van der Waals surface area (Å²) in [6, 6.07) is 8.57. The van der Waals surface area contributed by atoms with Crippen LogP contribution in [0.3, 0.4) is 0 Å². The summed E-state index contributed by atoms with van der Waals surface area (Å²) in [6.07, 6.45) is 3.14. The van der Waals surface area contributed by atoms with E-state index in [2.05, 4.69) is 10.5 Å². The van der Waals surface area contributed by atoms with Crippen molar-refractivity contribution in [3.8, 4) is 11.5 Å². The Kier molecular flexibility index (Phi) is 8.13. The number of hydrogen-bond donors (Lipinski definition) is 2. The number of nitro groups is 1. The number of primary sulfonamides is 1. The lowest BCUT2D eigenvalue weighted by molar-refractivity contribution is -0.384. The summed E-state index contributed by atoms with van der Waals surface area (Å²) in [7, 11) is -4.06. The van der Waals surface area contributed by atoms with Gasteiger partial charge in [0, 0.05) is 17.7 Å². The Labute approximate surface area is 174 Å². The third-order valence-electron chi connectivity index (χ3n) is 3.80. The van der Waals surface area contributed by atoms with Gasteiger partial charge < -0.3 is 9.47 Å². The molecule has 0 aliphatic heterocycles. The van der Waals surface area contributed by atoms with E-state index in [0.29, 0.717) is 30.3 Å². The second kappa shape index (κ2) is 10.6. The van der Waals surface area contributed by atoms with Crippen LogP contribution < -0.4 is 20.0 Å². The van der Waals surface area contributed by atoms with E-state index in [-0.39, 0.29) is 10.6 Å². The molecule has 3 N–H and O–H groups in total. The van der Waals surface area contributed by atoms with E-state index in [9.17, 15) is 18.5 Å². The van der Waals surface area contributed by atoms with Gasteiger partial charge in [0.2, 0.25) is 10.0 Å². The quantitative estimate of drug-likeness (QED) is 0.312. The summed E-state index contributed by atoms with van der Waals surface area (Å²) in [5.41, 5.74) is 2.75. The maximum atomic E-state index is 11.4. The van der Waals surface area contributed by atoms with Crippen molar-refractivity contribution < 1.29 is 22.8 Å². The number of rotatable bonds is 11. The van der Waals surface area contributed by atoms with Crippen LogP contribution in [-0.4, -0.2) is 32.8 Å². The molecule has 0 radical (unpaired) electrons. The van der Waals surface area contributed by atoms with Crippen LogP contribution in [0.4, 0.5) is 11.4 Å². The van der Waals surface area contributed by atoms with Crippen LogP contribution in [0.1, 0.15) is 32.3 Å². The molecule has 10 nitrogen and oxygen atoms in total. The van der Waals surface area contributed by atoms with E-state index in [1.165, 1.54) is 12.3 Å². The van der Waals surface area contributed by atoms with Gasteiger partial charge in [-0.25, -0.2) is 13.6 Å². The Morgan fingerprint density at radius 2 is 1.83 bits per heavy atom. The summed E-state index contributed by atoms with van der Waals surface area (Å²) >= 11 is 0. The predicted octanol–water partition coefficient (Wildman–Crippen LogP) is 3.27. The van der Waals surface area contributed by atoms with Gasteiger partial charge in [0.1, 0.15) is 17.2 Å². The number of nitrogens with zero attached hydrogens (tertiary/aromatic N) is 2. The molecule has 0 heterocycles. The Morgan fingerprint density at radius 3 is 2.47 bits per heavy atom. The van der Waals surface area contributed by atoms with Gasteiger partial charge in [0.05, 0.1) is 29.2 Å². The van der Waals surface area contributed by atoms with Crippen molar-refractivity contribution in [3.05, 3.63) is 52.1 Å². The monoisotopic (exact) mass is 436 g/mol. The summed E-state index contributed by atoms with van der Waals surface area (Å²) in [4.78, 5) is 10.2. The molecule has 2 rings (SSSR count). The van der Waals surface area contributed by atoms with Crippen molar-refractivity contribution in [2.75, 3.05) is 18.6 Å². The van der Waals surface area contributed by atoms with Crippen molar-refractivity contribution in [1.82, 2.24) is 0 Å². The van der Waals surface area contributed by atoms with Crippen LogP contribution in [0, 0.1) is 10.1 Å². The van der Waals surface area contributed by atoms with E-state index >= 15 is 0 Å². The van der Waals surface area contributed by atoms with Gasteiger partial charge in [-0.2, -0.15) is 5.10 Å². The lowest BCUT2D eigenvalue weighted by atomic mass is 10.2. The van der Waals surface area contributed by atoms with Gasteiger partial charge in [-0.15, -0.1) is 0 Å². The Hall–Kier alpha value is -3.18. The summed E-state index contributed by atoms with van der Waals surface area (Å²) < 4.78 is 34.2. The minimum atomic E-state index is -4.06. The molecule has 0 aliphatic carbocycles. The smallest absolute Gasteiger partial charge is 0.295 e. The number of nitrogens with one attached hydrogen (secondary N) is 1. The first-order valence-electron chi connectivity index (χ1n) is 9.26. The van der Waals surface area contributed by atoms with Gasteiger partial charge in [-0.05, 0) is 37.1 Å². The average molecular weight is 436 g/mol. The zero-order chi connectivity index (χ0) is 22.1. The molecular weight excluding hydrogens is 412 g/mol. The Balaban J connectivity index is 2.26. The summed E-state index contributed by atoms with van der Waals surface area (Å²) in [6.45, 7) is 5.08. The number of hydrogen-bond acceptors (Lipinski definition) is 8. The number of benzene rings is 2. The molecule has 30 heavy (non-hydrogen) atoms. The maximum absolute atomic E-state index is 11.4. The second-order valence-electron chi connectivity index (χ2n) is 6.25. The fourth-order valence-corrected chi connectivity index (χ4v) is 2.91. The average Bonchev–Trinajstić information content (AvgIpc) is 2.70. The van der Waals surface area contributed by atoms with E-state index in [4.69, 9.17) is 14.6 Å². The summed E-state index contributed by atoms with van der Waals surface area (Å²) in [5, 5.41) is 20.3. The molecule has 0 saturated heterocycles. The lowest BCUT2D eigenvalue weighted by Gasteiger charge is -2.11. The largest absolute Gasteiger partial charge is 0.493 e. The third-order valence-corrected chi connectivity index (χ3v) is 4.71. The zero-order valence-corrected chi connectivity index (χ0v) is 17.5.